The van der Waals surface area contributed by atoms with E-state index < -0.39 is 0 Å². The highest BCUT2D eigenvalue weighted by Crippen LogP contribution is 2.36. The van der Waals surface area contributed by atoms with Gasteiger partial charge in [-0.1, -0.05) is 30.3 Å². The van der Waals surface area contributed by atoms with Crippen molar-refractivity contribution >= 4 is 5.91 Å². The largest absolute Gasteiger partial charge is 0.463 e. The number of hydrogen-bond acceptors (Lipinski definition) is 3. The molecule has 1 aliphatic heterocycles. The van der Waals surface area contributed by atoms with Crippen LogP contribution in [0.25, 0.3) is 11.5 Å². The number of furan rings is 1. The third kappa shape index (κ3) is 1.50. The Morgan fingerprint density at radius 2 is 1.95 bits per heavy atom. The number of aromatic amines is 1. The summed E-state index contributed by atoms with van der Waals surface area (Å²) in [6.07, 6.45) is 1.60. The molecule has 0 bridgehead atoms. The molecule has 4 rings (SSSR count). The van der Waals surface area contributed by atoms with Crippen LogP contribution < -0.4 is 5.32 Å². The first-order valence-electron chi connectivity index (χ1n) is 6.32. The summed E-state index contributed by atoms with van der Waals surface area (Å²) in [6.45, 7) is 0. The van der Waals surface area contributed by atoms with Crippen LogP contribution in [-0.2, 0) is 0 Å². The lowest BCUT2D eigenvalue weighted by Gasteiger charge is -2.12. The molecule has 0 aliphatic carbocycles. The van der Waals surface area contributed by atoms with Gasteiger partial charge in [0.1, 0.15) is 5.69 Å². The molecular weight excluding hydrogens is 254 g/mol. The van der Waals surface area contributed by atoms with Gasteiger partial charge in [-0.05, 0) is 17.7 Å². The van der Waals surface area contributed by atoms with Crippen molar-refractivity contribution in [2.45, 2.75) is 6.04 Å². The topological polar surface area (TPSA) is 70.9 Å². The number of benzene rings is 1. The predicted molar refractivity (Wildman–Crippen MR) is 72.0 cm³/mol. The number of H-pyrrole nitrogens is 1. The predicted octanol–water partition coefficient (Wildman–Crippen LogP) is 2.50. The molecular formula is C15H11N3O2. The molecule has 1 atom stereocenters. The van der Waals surface area contributed by atoms with Crippen molar-refractivity contribution in [1.29, 1.82) is 0 Å². The van der Waals surface area contributed by atoms with Gasteiger partial charge in [-0.15, -0.1) is 0 Å². The Hall–Kier alpha value is -2.82. The van der Waals surface area contributed by atoms with Gasteiger partial charge >= 0.3 is 0 Å². The van der Waals surface area contributed by atoms with Crippen LogP contribution in [-0.4, -0.2) is 16.1 Å². The van der Waals surface area contributed by atoms with Crippen LogP contribution in [0.2, 0.25) is 0 Å². The smallest absolute Gasteiger partial charge is 0.272 e. The summed E-state index contributed by atoms with van der Waals surface area (Å²) in [5.74, 6) is 0.513. The molecule has 0 fully saturated rings. The summed E-state index contributed by atoms with van der Waals surface area (Å²) in [5, 5.41) is 9.97. The number of fused-ring (bicyclic) bond motifs is 1. The molecule has 5 nitrogen and oxygen atoms in total. The lowest BCUT2D eigenvalue weighted by Crippen LogP contribution is -2.21. The average molecular weight is 265 g/mol. The molecule has 0 radical (unpaired) electrons. The highest BCUT2D eigenvalue weighted by molar-refractivity contribution is 5.99. The maximum atomic E-state index is 12.0. The zero-order chi connectivity index (χ0) is 13.5. The van der Waals surface area contributed by atoms with Crippen molar-refractivity contribution in [2.75, 3.05) is 0 Å². The third-order valence-electron chi connectivity index (χ3n) is 3.48. The Kier molecular flexibility index (Phi) is 2.26. The Morgan fingerprint density at radius 3 is 2.70 bits per heavy atom. The summed E-state index contributed by atoms with van der Waals surface area (Å²) < 4.78 is 5.41. The van der Waals surface area contributed by atoms with Gasteiger partial charge in [-0.25, -0.2) is 0 Å². The van der Waals surface area contributed by atoms with Crippen LogP contribution >= 0.6 is 0 Å². The SMILES string of the molecule is O=C1NC(c2ccccc2)c2c1n[nH]c2-c1ccco1. The van der Waals surface area contributed by atoms with Crippen LogP contribution in [0, 0.1) is 0 Å². The van der Waals surface area contributed by atoms with Crippen molar-refractivity contribution < 1.29 is 9.21 Å². The van der Waals surface area contributed by atoms with Crippen molar-refractivity contribution in [2.24, 2.45) is 0 Å². The summed E-state index contributed by atoms with van der Waals surface area (Å²) >= 11 is 0. The maximum Gasteiger partial charge on any atom is 0.272 e. The van der Waals surface area contributed by atoms with E-state index in [1.807, 2.05) is 42.5 Å². The van der Waals surface area contributed by atoms with E-state index in [4.69, 9.17) is 4.42 Å². The van der Waals surface area contributed by atoms with E-state index in [2.05, 4.69) is 15.5 Å². The molecule has 1 aliphatic rings. The second kappa shape index (κ2) is 4.09. The molecule has 2 N–H and O–H groups in total. The van der Waals surface area contributed by atoms with Gasteiger partial charge in [0.15, 0.2) is 11.5 Å². The molecule has 3 heterocycles. The quantitative estimate of drug-likeness (QED) is 0.747. The lowest BCUT2D eigenvalue weighted by molar-refractivity contribution is 0.0955. The van der Waals surface area contributed by atoms with Crippen LogP contribution in [0.4, 0.5) is 0 Å². The number of carbonyl (C=O) groups is 1. The zero-order valence-electron chi connectivity index (χ0n) is 10.5. The zero-order valence-corrected chi connectivity index (χ0v) is 10.5. The molecule has 1 aromatic carbocycles. The van der Waals surface area contributed by atoms with E-state index >= 15 is 0 Å². The standard InChI is InChI=1S/C15H11N3O2/c19-15-14-11(12(16-15)9-5-2-1-3-6-9)13(17-18-14)10-7-4-8-20-10/h1-8,12H,(H,16,19)(H,17,18). The van der Waals surface area contributed by atoms with Gasteiger partial charge in [0.25, 0.3) is 5.91 Å². The fourth-order valence-corrected chi connectivity index (χ4v) is 2.58. The molecule has 0 saturated heterocycles. The Labute approximate surface area is 114 Å². The monoisotopic (exact) mass is 265 g/mol. The first kappa shape index (κ1) is 11.0. The lowest BCUT2D eigenvalue weighted by atomic mass is 9.99. The summed E-state index contributed by atoms with van der Waals surface area (Å²) in [7, 11) is 0. The fourth-order valence-electron chi connectivity index (χ4n) is 2.58. The molecule has 1 amide bonds. The molecule has 3 aromatic rings. The number of nitrogens with zero attached hydrogens (tertiary/aromatic N) is 1. The van der Waals surface area contributed by atoms with Gasteiger partial charge in [0.05, 0.1) is 12.3 Å². The summed E-state index contributed by atoms with van der Waals surface area (Å²) in [4.78, 5) is 12.0. The minimum Gasteiger partial charge on any atom is -0.463 e. The highest BCUT2D eigenvalue weighted by atomic mass is 16.3. The summed E-state index contributed by atoms with van der Waals surface area (Å²) in [6, 6.07) is 13.3. The van der Waals surface area contributed by atoms with E-state index in [9.17, 15) is 4.79 Å². The fraction of sp³-hybridized carbons (Fsp3) is 0.0667. The van der Waals surface area contributed by atoms with Gasteiger partial charge in [-0.3, -0.25) is 9.89 Å². The molecule has 2 aromatic heterocycles. The number of aromatic nitrogens is 2. The molecule has 5 heteroatoms. The Balaban J connectivity index is 1.89. The van der Waals surface area contributed by atoms with Gasteiger partial charge in [0.2, 0.25) is 0 Å². The number of rotatable bonds is 2. The van der Waals surface area contributed by atoms with Crippen LogP contribution in [0.1, 0.15) is 27.7 Å². The Bertz CT molecular complexity index is 760. The van der Waals surface area contributed by atoms with Crippen LogP contribution in [0.15, 0.2) is 53.1 Å². The molecule has 20 heavy (non-hydrogen) atoms. The molecule has 0 spiro atoms. The van der Waals surface area contributed by atoms with Crippen molar-refractivity contribution in [1.82, 2.24) is 15.5 Å². The minimum atomic E-state index is -0.197. The number of hydrogen-bond donors (Lipinski definition) is 2. The van der Waals surface area contributed by atoms with E-state index in [1.54, 1.807) is 6.26 Å². The average Bonchev–Trinajstić information content (AvgIpc) is 3.17. The van der Waals surface area contributed by atoms with Crippen LogP contribution in [0.5, 0.6) is 0 Å². The first-order chi connectivity index (χ1) is 9.84. The number of nitrogens with one attached hydrogen (secondary N) is 2. The van der Waals surface area contributed by atoms with E-state index in [0.29, 0.717) is 11.5 Å². The van der Waals surface area contributed by atoms with Gasteiger partial charge in [-0.2, -0.15) is 5.10 Å². The van der Waals surface area contributed by atoms with E-state index in [0.717, 1.165) is 16.8 Å². The number of amides is 1. The number of carbonyl (C=O) groups excluding carboxylic acids is 1. The normalized spacial score (nSPS) is 17.0. The Morgan fingerprint density at radius 1 is 1.10 bits per heavy atom. The van der Waals surface area contributed by atoms with Crippen molar-refractivity contribution in [3.8, 4) is 11.5 Å². The molecule has 98 valence electrons. The van der Waals surface area contributed by atoms with E-state index in [-0.39, 0.29) is 11.9 Å². The molecule has 0 saturated carbocycles. The van der Waals surface area contributed by atoms with Crippen molar-refractivity contribution in [3.63, 3.8) is 0 Å². The summed E-state index contributed by atoms with van der Waals surface area (Å²) in [5.41, 5.74) is 3.05. The second-order valence-corrected chi connectivity index (χ2v) is 4.66. The van der Waals surface area contributed by atoms with Gasteiger partial charge < -0.3 is 9.73 Å². The third-order valence-corrected chi connectivity index (χ3v) is 3.48. The second-order valence-electron chi connectivity index (χ2n) is 4.66. The highest BCUT2D eigenvalue weighted by Gasteiger charge is 2.36. The minimum absolute atomic E-state index is 0.164. The van der Waals surface area contributed by atoms with Crippen molar-refractivity contribution in [3.05, 3.63) is 65.5 Å². The van der Waals surface area contributed by atoms with E-state index in [1.165, 1.54) is 0 Å². The first-order valence-corrected chi connectivity index (χ1v) is 6.32. The van der Waals surface area contributed by atoms with Crippen LogP contribution in [0.3, 0.4) is 0 Å². The maximum absolute atomic E-state index is 12.0. The van der Waals surface area contributed by atoms with Gasteiger partial charge in [0, 0.05) is 5.56 Å². The molecule has 1 unspecified atom stereocenters.